The van der Waals surface area contributed by atoms with Gasteiger partial charge in [0.05, 0.1) is 23.3 Å². The van der Waals surface area contributed by atoms with Crippen molar-refractivity contribution in [2.75, 3.05) is 5.73 Å². The lowest BCUT2D eigenvalue weighted by molar-refractivity contribution is 0.467. The Kier molecular flexibility index (Phi) is 4.06. The topological polar surface area (TPSA) is 99.8 Å². The summed E-state index contributed by atoms with van der Waals surface area (Å²) >= 11 is 0. The molecule has 1 atom stereocenters. The molecular weight excluding hydrogens is 385 g/mol. The summed E-state index contributed by atoms with van der Waals surface area (Å²) in [4.78, 5) is 25.9. The highest BCUT2D eigenvalue weighted by atomic mass is 19.1. The van der Waals surface area contributed by atoms with E-state index in [0.717, 1.165) is 0 Å². The summed E-state index contributed by atoms with van der Waals surface area (Å²) in [5.41, 5.74) is 7.30. The molecule has 0 bridgehead atoms. The van der Waals surface area contributed by atoms with Crippen LogP contribution in [0, 0.1) is 5.82 Å². The van der Waals surface area contributed by atoms with Crippen molar-refractivity contribution in [3.05, 3.63) is 83.0 Å². The molecule has 0 spiro atoms. The molecule has 3 heterocycles. The molecule has 0 aliphatic rings. The third-order valence-electron chi connectivity index (χ3n) is 5.15. The number of halogens is 1. The largest absolute Gasteiger partial charge is 0.458 e. The van der Waals surface area contributed by atoms with Gasteiger partial charge < -0.3 is 14.7 Å². The fraction of sp³-hybridized carbons (Fsp3) is 0.0909. The summed E-state index contributed by atoms with van der Waals surface area (Å²) < 4.78 is 22.6. The van der Waals surface area contributed by atoms with Gasteiger partial charge in [-0.2, -0.15) is 0 Å². The second-order valence-corrected chi connectivity index (χ2v) is 6.91. The first kappa shape index (κ1) is 18.0. The number of hydrogen-bond acceptors (Lipinski definition) is 6. The molecule has 0 amide bonds. The number of aromatic nitrogens is 4. The summed E-state index contributed by atoms with van der Waals surface area (Å²) in [5.74, 6) is 0.0520. The Labute approximate surface area is 169 Å². The van der Waals surface area contributed by atoms with Gasteiger partial charge in [0.15, 0.2) is 11.5 Å². The molecule has 5 rings (SSSR count). The lowest BCUT2D eigenvalue weighted by Gasteiger charge is -2.18. The van der Waals surface area contributed by atoms with Crippen LogP contribution in [-0.2, 0) is 0 Å². The third kappa shape index (κ3) is 2.65. The van der Waals surface area contributed by atoms with Crippen LogP contribution in [-0.4, -0.2) is 19.5 Å². The van der Waals surface area contributed by atoms with Crippen LogP contribution in [0.2, 0.25) is 0 Å². The minimum atomic E-state index is -0.517. The second kappa shape index (κ2) is 6.77. The van der Waals surface area contributed by atoms with Crippen molar-refractivity contribution in [2.24, 2.45) is 0 Å². The van der Waals surface area contributed by atoms with E-state index in [1.165, 1.54) is 12.4 Å². The first-order valence-corrected chi connectivity index (χ1v) is 9.30. The predicted octanol–water partition coefficient (Wildman–Crippen LogP) is 3.93. The normalized spacial score (nSPS) is 12.5. The molecule has 0 saturated heterocycles. The molecule has 3 aromatic heterocycles. The number of rotatable bonds is 3. The number of imidazole rings is 1. The van der Waals surface area contributed by atoms with Crippen LogP contribution in [0.1, 0.15) is 18.7 Å². The summed E-state index contributed by atoms with van der Waals surface area (Å²) in [5, 5.41) is 0.383. The van der Waals surface area contributed by atoms with Gasteiger partial charge in [-0.15, -0.1) is 0 Å². The highest BCUT2D eigenvalue weighted by Gasteiger charge is 2.25. The van der Waals surface area contributed by atoms with E-state index in [1.54, 1.807) is 53.4 Å². The molecule has 5 aromatic rings. The van der Waals surface area contributed by atoms with Crippen molar-refractivity contribution in [1.82, 2.24) is 19.5 Å². The van der Waals surface area contributed by atoms with E-state index in [9.17, 15) is 9.18 Å². The zero-order valence-corrected chi connectivity index (χ0v) is 15.9. The van der Waals surface area contributed by atoms with Gasteiger partial charge in [0, 0.05) is 5.56 Å². The van der Waals surface area contributed by atoms with Gasteiger partial charge in [-0.05, 0) is 25.1 Å². The average molecular weight is 401 g/mol. The van der Waals surface area contributed by atoms with Crippen molar-refractivity contribution in [3.63, 3.8) is 0 Å². The molecule has 2 N–H and O–H groups in total. The number of nitrogens with two attached hydrogens (primary N) is 1. The van der Waals surface area contributed by atoms with Gasteiger partial charge in [-0.1, -0.05) is 30.3 Å². The Bertz CT molecular complexity index is 1470. The smallest absolute Gasteiger partial charge is 0.200 e. The van der Waals surface area contributed by atoms with E-state index in [1.807, 2.05) is 6.92 Å². The molecule has 0 fully saturated rings. The van der Waals surface area contributed by atoms with Crippen molar-refractivity contribution < 1.29 is 8.81 Å². The van der Waals surface area contributed by atoms with E-state index in [0.29, 0.717) is 27.9 Å². The average Bonchev–Trinajstić information content (AvgIpc) is 3.19. The molecule has 0 saturated carbocycles. The molecule has 0 aliphatic heterocycles. The summed E-state index contributed by atoms with van der Waals surface area (Å²) in [7, 11) is 0. The third-order valence-corrected chi connectivity index (χ3v) is 5.15. The van der Waals surface area contributed by atoms with Gasteiger partial charge in [0.2, 0.25) is 5.43 Å². The minimum absolute atomic E-state index is 0.170. The summed E-state index contributed by atoms with van der Waals surface area (Å²) in [6.45, 7) is 1.83. The fourth-order valence-electron chi connectivity index (χ4n) is 3.65. The first-order valence-electron chi connectivity index (χ1n) is 9.30. The van der Waals surface area contributed by atoms with E-state index in [2.05, 4.69) is 15.0 Å². The zero-order valence-electron chi connectivity index (χ0n) is 15.9. The van der Waals surface area contributed by atoms with Gasteiger partial charge in [0.25, 0.3) is 0 Å². The minimum Gasteiger partial charge on any atom is -0.458 e. The maximum absolute atomic E-state index is 14.7. The lowest BCUT2D eigenvalue weighted by atomic mass is 9.98. The van der Waals surface area contributed by atoms with Gasteiger partial charge in [-0.25, -0.2) is 19.3 Å². The van der Waals surface area contributed by atoms with Crippen molar-refractivity contribution in [3.8, 4) is 11.1 Å². The Morgan fingerprint density at radius 2 is 1.83 bits per heavy atom. The Balaban J connectivity index is 1.83. The van der Waals surface area contributed by atoms with Crippen molar-refractivity contribution in [2.45, 2.75) is 13.0 Å². The number of para-hydroxylation sites is 1. The van der Waals surface area contributed by atoms with Gasteiger partial charge in [0.1, 0.15) is 29.0 Å². The van der Waals surface area contributed by atoms with Crippen LogP contribution in [0.25, 0.3) is 33.3 Å². The standard InChI is InChI=1S/C22H16FN5O2/c1-12(28-11-27-18-21(24)25-10-26-22(18)28)20-17(13-6-2-4-8-15(13)23)19(29)14-7-3-5-9-16(14)30-20/h2-12H,1H3,(H2,24,25,26). The Hall–Kier alpha value is -4.07. The van der Waals surface area contributed by atoms with E-state index >= 15 is 0 Å². The van der Waals surface area contributed by atoms with Crippen LogP contribution >= 0.6 is 0 Å². The molecule has 1 unspecified atom stereocenters. The number of fused-ring (bicyclic) bond motifs is 2. The number of anilines is 1. The second-order valence-electron chi connectivity index (χ2n) is 6.91. The van der Waals surface area contributed by atoms with E-state index in [-0.39, 0.29) is 22.4 Å². The van der Waals surface area contributed by atoms with Crippen LogP contribution in [0.15, 0.2) is 70.4 Å². The Morgan fingerprint density at radius 3 is 2.67 bits per heavy atom. The number of benzene rings is 2. The highest BCUT2D eigenvalue weighted by molar-refractivity contribution is 5.84. The van der Waals surface area contributed by atoms with Crippen LogP contribution < -0.4 is 11.2 Å². The Morgan fingerprint density at radius 1 is 1.07 bits per heavy atom. The molecule has 8 heteroatoms. The summed E-state index contributed by atoms with van der Waals surface area (Å²) in [6.07, 6.45) is 2.90. The molecule has 7 nitrogen and oxygen atoms in total. The quantitative estimate of drug-likeness (QED) is 0.492. The zero-order chi connectivity index (χ0) is 20.8. The van der Waals surface area contributed by atoms with Crippen LogP contribution in [0.3, 0.4) is 0 Å². The maximum atomic E-state index is 14.7. The maximum Gasteiger partial charge on any atom is 0.200 e. The van der Waals surface area contributed by atoms with Crippen LogP contribution in [0.5, 0.6) is 0 Å². The van der Waals surface area contributed by atoms with Crippen molar-refractivity contribution in [1.29, 1.82) is 0 Å². The highest BCUT2D eigenvalue weighted by Crippen LogP contribution is 2.33. The van der Waals surface area contributed by atoms with Gasteiger partial charge >= 0.3 is 0 Å². The molecule has 2 aromatic carbocycles. The number of nitrogens with zero attached hydrogens (tertiary/aromatic N) is 4. The monoisotopic (exact) mass is 401 g/mol. The van der Waals surface area contributed by atoms with Gasteiger partial charge in [-0.3, -0.25) is 4.79 Å². The lowest BCUT2D eigenvalue weighted by Crippen LogP contribution is -2.15. The number of hydrogen-bond donors (Lipinski definition) is 1. The molecule has 30 heavy (non-hydrogen) atoms. The van der Waals surface area contributed by atoms with E-state index < -0.39 is 11.9 Å². The summed E-state index contributed by atoms with van der Waals surface area (Å²) in [6, 6.07) is 12.5. The van der Waals surface area contributed by atoms with Crippen molar-refractivity contribution >= 4 is 28.0 Å². The predicted molar refractivity (Wildman–Crippen MR) is 111 cm³/mol. The first-order chi connectivity index (χ1) is 14.6. The fourth-order valence-corrected chi connectivity index (χ4v) is 3.65. The van der Waals surface area contributed by atoms with Crippen LogP contribution in [0.4, 0.5) is 10.2 Å². The molecule has 148 valence electrons. The molecule has 0 aliphatic carbocycles. The SMILES string of the molecule is CC(c1oc2ccccc2c(=O)c1-c1ccccc1F)n1cnc2c(N)ncnc21. The number of nitrogen functional groups attached to an aromatic ring is 1. The molecule has 0 radical (unpaired) electrons. The van der Waals surface area contributed by atoms with E-state index in [4.69, 9.17) is 10.2 Å². The molecular formula is C22H16FN5O2.